The minimum absolute atomic E-state index is 0.0487. The van der Waals surface area contributed by atoms with E-state index < -0.39 is 18.3 Å². The van der Waals surface area contributed by atoms with Crippen molar-refractivity contribution in [2.75, 3.05) is 18.9 Å². The van der Waals surface area contributed by atoms with Gasteiger partial charge in [0.05, 0.1) is 11.7 Å². The van der Waals surface area contributed by atoms with E-state index in [0.29, 0.717) is 34.6 Å². The first-order valence-corrected chi connectivity index (χ1v) is 11.4. The van der Waals surface area contributed by atoms with Crippen LogP contribution in [0.3, 0.4) is 0 Å². The molecule has 1 saturated carbocycles. The summed E-state index contributed by atoms with van der Waals surface area (Å²) in [7, 11) is 1.46. The molecule has 4 heterocycles. The Bertz CT molecular complexity index is 1310. The third kappa shape index (κ3) is 4.93. The van der Waals surface area contributed by atoms with Crippen molar-refractivity contribution in [1.82, 2.24) is 19.5 Å². The van der Waals surface area contributed by atoms with E-state index in [-0.39, 0.29) is 30.5 Å². The number of alkyl halides is 3. The lowest BCUT2D eigenvalue weighted by molar-refractivity contribution is -0.194. The fourth-order valence-electron chi connectivity index (χ4n) is 4.34. The predicted molar refractivity (Wildman–Crippen MR) is 121 cm³/mol. The lowest BCUT2D eigenvalue weighted by atomic mass is 9.99. The number of aromatic nitrogens is 3. The molecular weight excluding hydrogens is 461 g/mol. The molecule has 0 radical (unpaired) electrons. The van der Waals surface area contributed by atoms with Gasteiger partial charge < -0.3 is 10.1 Å². The van der Waals surface area contributed by atoms with E-state index in [4.69, 9.17) is 4.74 Å². The predicted octanol–water partition coefficient (Wildman–Crippen LogP) is 4.02. The van der Waals surface area contributed by atoms with E-state index in [1.807, 2.05) is 12.1 Å². The van der Waals surface area contributed by atoms with Gasteiger partial charge in [-0.25, -0.2) is 9.50 Å². The molecule has 0 unspecified atom stereocenters. The number of piperidine rings is 1. The molecule has 2 atom stereocenters. The summed E-state index contributed by atoms with van der Waals surface area (Å²) in [6.07, 6.45) is 0.128. The normalized spacial score (nSPS) is 21.0. The average molecular weight is 484 g/mol. The van der Waals surface area contributed by atoms with Crippen LogP contribution in [-0.2, 0) is 4.79 Å². The lowest BCUT2D eigenvalue weighted by Crippen LogP contribution is -2.51. The number of nitriles is 1. The first-order valence-electron chi connectivity index (χ1n) is 11.4. The van der Waals surface area contributed by atoms with Crippen LogP contribution < -0.4 is 10.1 Å². The van der Waals surface area contributed by atoms with E-state index in [2.05, 4.69) is 15.4 Å². The van der Waals surface area contributed by atoms with Crippen molar-refractivity contribution in [2.45, 2.75) is 44.0 Å². The molecule has 35 heavy (non-hydrogen) atoms. The van der Waals surface area contributed by atoms with Crippen molar-refractivity contribution in [1.29, 1.82) is 5.26 Å². The van der Waals surface area contributed by atoms with Gasteiger partial charge in [0.25, 0.3) is 0 Å². The fourth-order valence-corrected chi connectivity index (χ4v) is 4.34. The Morgan fingerprint density at radius 1 is 1.26 bits per heavy atom. The summed E-state index contributed by atoms with van der Waals surface area (Å²) in [5, 5.41) is 16.5. The lowest BCUT2D eigenvalue weighted by Gasteiger charge is -2.38. The molecule has 3 aromatic heterocycles. The molecule has 182 valence electrons. The van der Waals surface area contributed by atoms with Gasteiger partial charge in [0.15, 0.2) is 5.82 Å². The van der Waals surface area contributed by atoms with E-state index in [1.54, 1.807) is 28.9 Å². The second kappa shape index (κ2) is 8.85. The molecule has 1 N–H and O–H groups in total. The molecule has 3 aromatic rings. The second-order valence-corrected chi connectivity index (χ2v) is 9.06. The van der Waals surface area contributed by atoms with Crippen molar-refractivity contribution < 1.29 is 22.7 Å². The topological polar surface area (TPSA) is 95.6 Å². The molecule has 1 saturated heterocycles. The monoisotopic (exact) mass is 484 g/mol. The number of nitrogens with one attached hydrogen (secondary N) is 1. The number of carbonyl (C=O) groups is 1. The Balaban J connectivity index is 1.43. The zero-order valence-corrected chi connectivity index (χ0v) is 18.9. The number of pyridine rings is 2. The minimum atomic E-state index is -4.35. The highest BCUT2D eigenvalue weighted by atomic mass is 19.4. The molecule has 0 bridgehead atoms. The van der Waals surface area contributed by atoms with Gasteiger partial charge in [0.1, 0.15) is 29.7 Å². The maximum Gasteiger partial charge on any atom is 0.404 e. The highest BCUT2D eigenvalue weighted by Crippen LogP contribution is 2.36. The summed E-state index contributed by atoms with van der Waals surface area (Å²) < 4.78 is 48.0. The number of hydrogen-bond donors (Lipinski definition) is 1. The highest BCUT2D eigenvalue weighted by Gasteiger charge is 2.46. The number of carbonyl (C=O) groups excluding carboxylic acids is 1. The van der Waals surface area contributed by atoms with Gasteiger partial charge in [0.2, 0.25) is 5.91 Å². The summed E-state index contributed by atoms with van der Waals surface area (Å²) in [6, 6.07) is 7.29. The molecule has 1 amide bonds. The Kier molecular flexibility index (Phi) is 5.84. The number of anilines is 1. The molecular formula is C24H23F3N6O2. The third-order valence-corrected chi connectivity index (χ3v) is 6.45. The zero-order chi connectivity index (χ0) is 24.7. The fraction of sp³-hybridized carbons (Fsp3) is 0.417. The van der Waals surface area contributed by atoms with E-state index in [0.717, 1.165) is 12.8 Å². The van der Waals surface area contributed by atoms with Crippen LogP contribution in [0.15, 0.2) is 36.7 Å². The summed E-state index contributed by atoms with van der Waals surface area (Å²) in [5.41, 5.74) is 2.10. The Labute approximate surface area is 199 Å². The minimum Gasteiger partial charge on any atom is -0.488 e. The van der Waals surface area contributed by atoms with Crippen LogP contribution in [0.25, 0.3) is 16.6 Å². The molecule has 0 aromatic carbocycles. The number of fused-ring (bicyclic) bond motifs is 1. The van der Waals surface area contributed by atoms with Crippen LogP contribution in [0.2, 0.25) is 0 Å². The first-order chi connectivity index (χ1) is 16.7. The number of amides is 1. The number of likely N-dealkylation sites (tertiary alicyclic amines) is 1. The molecule has 1 aliphatic heterocycles. The molecule has 1 aliphatic carbocycles. The van der Waals surface area contributed by atoms with Crippen molar-refractivity contribution >= 4 is 17.2 Å². The number of halogens is 3. The molecule has 5 rings (SSSR count). The number of ether oxygens (including phenoxy) is 1. The van der Waals surface area contributed by atoms with Gasteiger partial charge in [-0.2, -0.15) is 23.5 Å². The Morgan fingerprint density at radius 3 is 2.77 bits per heavy atom. The first kappa shape index (κ1) is 23.1. The summed E-state index contributed by atoms with van der Waals surface area (Å²) >= 11 is 0. The highest BCUT2D eigenvalue weighted by molar-refractivity contribution is 5.93. The van der Waals surface area contributed by atoms with Crippen LogP contribution in [0.5, 0.6) is 5.75 Å². The molecule has 8 nitrogen and oxygen atoms in total. The van der Waals surface area contributed by atoms with E-state index in [9.17, 15) is 23.2 Å². The zero-order valence-electron chi connectivity index (χ0n) is 18.9. The van der Waals surface area contributed by atoms with Crippen molar-refractivity contribution in [3.63, 3.8) is 0 Å². The van der Waals surface area contributed by atoms with Crippen LogP contribution in [0.4, 0.5) is 19.0 Å². The SMILES string of the molecule is CN1CC[C@@H](Oc2cnc(C#N)cc2-c2ccn3nc(NC(=O)C4CC4)cc3c2)C[C@H]1C(F)(F)F. The number of nitrogens with zero attached hydrogens (tertiary/aromatic N) is 5. The van der Waals surface area contributed by atoms with Gasteiger partial charge in [-0.15, -0.1) is 0 Å². The largest absolute Gasteiger partial charge is 0.488 e. The van der Waals surface area contributed by atoms with E-state index in [1.165, 1.54) is 18.1 Å². The summed E-state index contributed by atoms with van der Waals surface area (Å²) in [5.74, 6) is 0.748. The Morgan fingerprint density at radius 2 is 2.06 bits per heavy atom. The number of rotatable bonds is 5. The molecule has 11 heteroatoms. The smallest absolute Gasteiger partial charge is 0.404 e. The molecule has 2 aliphatic rings. The quantitative estimate of drug-likeness (QED) is 0.588. The van der Waals surface area contributed by atoms with Crippen LogP contribution in [0, 0.1) is 17.2 Å². The maximum atomic E-state index is 13.4. The third-order valence-electron chi connectivity index (χ3n) is 6.45. The molecule has 0 spiro atoms. The average Bonchev–Trinajstić information content (AvgIpc) is 3.60. The van der Waals surface area contributed by atoms with Gasteiger partial charge in [-0.3, -0.25) is 9.69 Å². The molecule has 2 fully saturated rings. The summed E-state index contributed by atoms with van der Waals surface area (Å²) in [6.45, 7) is 0.255. The van der Waals surface area contributed by atoms with Gasteiger partial charge in [-0.05, 0) is 50.1 Å². The van der Waals surface area contributed by atoms with Gasteiger partial charge >= 0.3 is 6.18 Å². The Hall–Kier alpha value is -3.65. The van der Waals surface area contributed by atoms with Gasteiger partial charge in [-0.1, -0.05) is 0 Å². The maximum absolute atomic E-state index is 13.4. The standard InChI is InChI=1S/C24H23F3N6O2/c1-32-6-5-18(11-21(32)24(25,26)27)35-20-13-29-16(12-28)9-19(20)15-4-7-33-17(8-15)10-22(31-33)30-23(34)14-2-3-14/h4,7-10,13-14,18,21H,2-3,5-6,11H2,1H3,(H,30,31,34)/t18-,21+/m1/s1. The number of hydrogen-bond acceptors (Lipinski definition) is 6. The van der Waals surface area contributed by atoms with Crippen molar-refractivity contribution in [2.24, 2.45) is 5.92 Å². The second-order valence-electron chi connectivity index (χ2n) is 9.06. The van der Waals surface area contributed by atoms with Gasteiger partial charge in [0, 0.05) is 36.7 Å². The van der Waals surface area contributed by atoms with Crippen LogP contribution in [-0.4, -0.2) is 57.3 Å². The van der Waals surface area contributed by atoms with Crippen LogP contribution >= 0.6 is 0 Å². The van der Waals surface area contributed by atoms with Crippen molar-refractivity contribution in [3.8, 4) is 22.9 Å². The summed E-state index contributed by atoms with van der Waals surface area (Å²) in [4.78, 5) is 17.4. The van der Waals surface area contributed by atoms with Crippen molar-refractivity contribution in [3.05, 3.63) is 42.4 Å². The van der Waals surface area contributed by atoms with Crippen LogP contribution in [0.1, 0.15) is 31.4 Å². The van der Waals surface area contributed by atoms with E-state index >= 15 is 0 Å².